The fourth-order valence-electron chi connectivity index (χ4n) is 6.97. The van der Waals surface area contributed by atoms with Crippen LogP contribution in [0.2, 0.25) is 0 Å². The summed E-state index contributed by atoms with van der Waals surface area (Å²) in [4.78, 5) is 43.8. The fraction of sp³-hybridized carbons (Fsp3) is 0.531. The van der Waals surface area contributed by atoms with Crippen molar-refractivity contribution in [1.29, 1.82) is 0 Å². The van der Waals surface area contributed by atoms with Crippen molar-refractivity contribution in [2.45, 2.75) is 75.3 Å². The number of carbonyl (C=O) groups excluding carboxylic acids is 3. The number of benzene rings is 2. The molecule has 3 aliphatic rings. The molecule has 3 fully saturated rings. The highest BCUT2D eigenvalue weighted by atomic mass is 32.2. The summed E-state index contributed by atoms with van der Waals surface area (Å²) in [5.74, 6) is -0.726. The number of nitrogens with one attached hydrogen (secondary N) is 2. The molecule has 2 unspecified atom stereocenters. The number of fused-ring (bicyclic) bond motifs is 1. The quantitative estimate of drug-likeness (QED) is 0.308. The minimum absolute atomic E-state index is 0.00569. The highest BCUT2D eigenvalue weighted by molar-refractivity contribution is 8.02. The number of carbonyl (C=O) groups is 3. The monoisotopic (exact) mass is 579 g/mol. The molecule has 0 radical (unpaired) electrons. The molecule has 2 bridgehead atoms. The van der Waals surface area contributed by atoms with Gasteiger partial charge in [-0.15, -0.1) is 11.8 Å². The summed E-state index contributed by atoms with van der Waals surface area (Å²) in [7, 11) is 0. The van der Waals surface area contributed by atoms with Gasteiger partial charge in [0.1, 0.15) is 11.8 Å². The number of likely N-dealkylation sites (tertiary alicyclic amines) is 1. The lowest BCUT2D eigenvalue weighted by Gasteiger charge is -2.34. The van der Waals surface area contributed by atoms with Gasteiger partial charge in [0.25, 0.3) is 0 Å². The third-order valence-electron chi connectivity index (χ3n) is 8.82. The van der Waals surface area contributed by atoms with Gasteiger partial charge in [-0.3, -0.25) is 14.4 Å². The van der Waals surface area contributed by atoms with Crippen molar-refractivity contribution in [2.75, 3.05) is 30.4 Å². The highest BCUT2D eigenvalue weighted by Crippen LogP contribution is 2.66. The normalized spacial score (nSPS) is 26.2. The molecule has 0 saturated carbocycles. The Bertz CT molecular complexity index is 1260. The maximum atomic E-state index is 14.2. The van der Waals surface area contributed by atoms with Crippen molar-refractivity contribution >= 4 is 40.9 Å². The Morgan fingerprint density at radius 1 is 1.02 bits per heavy atom. The zero-order valence-corrected chi connectivity index (χ0v) is 25.0. The minimum atomic E-state index is -0.643. The van der Waals surface area contributed by atoms with Crippen LogP contribution >= 0.6 is 11.8 Å². The number of aliphatic hydroxyl groups is 1. The predicted octanol–water partition coefficient (Wildman–Crippen LogP) is 4.92. The number of amides is 3. The molecule has 3 aliphatic heterocycles. The van der Waals surface area contributed by atoms with E-state index >= 15 is 0 Å². The molecule has 2 aromatic rings. The number of rotatable bonds is 12. The first-order valence-electron chi connectivity index (χ1n) is 14.8. The summed E-state index contributed by atoms with van der Waals surface area (Å²) < 4.78 is 4.89. The number of para-hydroxylation sites is 1. The van der Waals surface area contributed by atoms with E-state index in [4.69, 9.17) is 9.84 Å². The van der Waals surface area contributed by atoms with Crippen LogP contribution in [0.1, 0.15) is 56.6 Å². The smallest absolute Gasteiger partial charge is 0.248 e. The van der Waals surface area contributed by atoms with Crippen molar-refractivity contribution in [3.05, 3.63) is 53.6 Å². The third kappa shape index (κ3) is 5.58. The van der Waals surface area contributed by atoms with Crippen molar-refractivity contribution in [1.82, 2.24) is 4.90 Å². The average Bonchev–Trinajstić information content (AvgIpc) is 3.59. The topological polar surface area (TPSA) is 108 Å². The van der Waals surface area contributed by atoms with E-state index in [0.717, 1.165) is 61.1 Å². The van der Waals surface area contributed by atoms with Crippen LogP contribution in [0.4, 0.5) is 11.4 Å². The molecule has 2 aromatic carbocycles. The summed E-state index contributed by atoms with van der Waals surface area (Å²) in [6.45, 7) is 7.04. The first-order valence-corrected chi connectivity index (χ1v) is 15.7. The second kappa shape index (κ2) is 12.4. The van der Waals surface area contributed by atoms with Crippen LogP contribution < -0.4 is 15.4 Å². The molecule has 3 N–H and O–H groups in total. The Hall–Kier alpha value is -3.04. The van der Waals surface area contributed by atoms with E-state index in [1.165, 1.54) is 0 Å². The molecule has 8 nitrogen and oxygen atoms in total. The summed E-state index contributed by atoms with van der Waals surface area (Å²) in [6, 6.07) is 12.5. The van der Waals surface area contributed by atoms with Gasteiger partial charge >= 0.3 is 0 Å². The van der Waals surface area contributed by atoms with Gasteiger partial charge in [-0.05, 0) is 81.8 Å². The molecule has 41 heavy (non-hydrogen) atoms. The van der Waals surface area contributed by atoms with Gasteiger partial charge in [-0.25, -0.2) is 0 Å². The van der Waals surface area contributed by atoms with Gasteiger partial charge < -0.3 is 25.4 Å². The Labute approximate surface area is 246 Å². The van der Waals surface area contributed by atoms with E-state index in [-0.39, 0.29) is 29.6 Å². The number of unbranched alkanes of at least 4 members (excludes halogenated alkanes) is 3. The molecular weight excluding hydrogens is 538 g/mol. The average molecular weight is 580 g/mol. The number of thioether (sulfide) groups is 1. The Balaban J connectivity index is 1.41. The molecular formula is C32H41N3O5S. The van der Waals surface area contributed by atoms with Crippen LogP contribution in [0, 0.1) is 25.7 Å². The van der Waals surface area contributed by atoms with Crippen LogP contribution in [0.3, 0.4) is 0 Å². The molecule has 5 rings (SSSR count). The lowest BCUT2D eigenvalue weighted by Crippen LogP contribution is -2.51. The molecule has 220 valence electrons. The molecule has 3 saturated heterocycles. The van der Waals surface area contributed by atoms with Gasteiger partial charge in [0.05, 0.1) is 23.2 Å². The Morgan fingerprint density at radius 3 is 2.41 bits per heavy atom. The van der Waals surface area contributed by atoms with E-state index in [1.807, 2.05) is 63.2 Å². The molecule has 5 atom stereocenters. The third-order valence-corrected chi connectivity index (χ3v) is 10.8. The molecule has 1 spiro atoms. The van der Waals surface area contributed by atoms with E-state index in [1.54, 1.807) is 16.7 Å². The van der Waals surface area contributed by atoms with Gasteiger partial charge in [0.15, 0.2) is 0 Å². The first kappa shape index (κ1) is 29.5. The zero-order chi connectivity index (χ0) is 29.1. The number of anilines is 2. The molecule has 0 aliphatic carbocycles. The van der Waals surface area contributed by atoms with Crippen molar-refractivity contribution < 1.29 is 24.2 Å². The van der Waals surface area contributed by atoms with Crippen molar-refractivity contribution in [3.63, 3.8) is 0 Å². The van der Waals surface area contributed by atoms with E-state index < -0.39 is 22.6 Å². The maximum Gasteiger partial charge on any atom is 0.248 e. The second-order valence-electron chi connectivity index (χ2n) is 11.4. The van der Waals surface area contributed by atoms with Gasteiger partial charge in [0, 0.05) is 29.8 Å². The number of aryl methyl sites for hydroxylation is 2. The minimum Gasteiger partial charge on any atom is -0.494 e. The van der Waals surface area contributed by atoms with E-state index in [0.29, 0.717) is 18.8 Å². The van der Waals surface area contributed by atoms with Crippen molar-refractivity contribution in [3.8, 4) is 5.75 Å². The number of hydrogen-bond acceptors (Lipinski definition) is 6. The predicted molar refractivity (Wildman–Crippen MR) is 162 cm³/mol. The number of ether oxygens (including phenoxy) is 1. The maximum absolute atomic E-state index is 14.2. The molecule has 0 aromatic heterocycles. The Morgan fingerprint density at radius 2 is 1.73 bits per heavy atom. The van der Waals surface area contributed by atoms with Crippen LogP contribution in [0.15, 0.2) is 42.5 Å². The highest BCUT2D eigenvalue weighted by Gasteiger charge is 2.73. The van der Waals surface area contributed by atoms with Gasteiger partial charge in [-0.1, -0.05) is 31.0 Å². The van der Waals surface area contributed by atoms with E-state index in [9.17, 15) is 14.4 Å². The van der Waals surface area contributed by atoms with E-state index in [2.05, 4.69) is 10.6 Å². The van der Waals surface area contributed by atoms with Crippen LogP contribution in [-0.4, -0.2) is 63.5 Å². The van der Waals surface area contributed by atoms with Crippen molar-refractivity contribution in [2.24, 2.45) is 11.8 Å². The molecule has 9 heteroatoms. The lowest BCUT2D eigenvalue weighted by molar-refractivity contribution is -0.138. The number of nitrogens with zero attached hydrogens (tertiary/aromatic N) is 1. The summed E-state index contributed by atoms with van der Waals surface area (Å²) >= 11 is 1.68. The van der Waals surface area contributed by atoms with Crippen LogP contribution in [-0.2, 0) is 14.4 Å². The Kier molecular flexibility index (Phi) is 8.94. The SMILES string of the molecule is CCOc1ccc(NC(=O)[C@@H]2[C@H]3C(=O)N(CCCCCCO)C(C(=O)Nc4c(C)cccc4C)C34CC[C@H]2S4)cc1. The number of aliphatic hydroxyl groups excluding tert-OH is 1. The summed E-state index contributed by atoms with van der Waals surface area (Å²) in [6.07, 6.45) is 4.74. The largest absolute Gasteiger partial charge is 0.494 e. The first-order chi connectivity index (χ1) is 19.8. The molecule has 3 amide bonds. The molecule has 3 heterocycles. The van der Waals surface area contributed by atoms with Crippen LogP contribution in [0.25, 0.3) is 0 Å². The van der Waals surface area contributed by atoms with Gasteiger partial charge in [0.2, 0.25) is 17.7 Å². The fourth-order valence-corrected chi connectivity index (χ4v) is 9.19. The second-order valence-corrected chi connectivity index (χ2v) is 13.0. The lowest BCUT2D eigenvalue weighted by atomic mass is 9.70. The summed E-state index contributed by atoms with van der Waals surface area (Å²) in [5.41, 5.74) is 3.40. The summed E-state index contributed by atoms with van der Waals surface area (Å²) in [5, 5.41) is 15.4. The number of hydrogen-bond donors (Lipinski definition) is 3. The van der Waals surface area contributed by atoms with Gasteiger partial charge in [-0.2, -0.15) is 0 Å². The standard InChI is InChI=1S/C32H41N3O5S/c1-4-40-23-14-12-22(13-15-23)33-29(37)25-24-16-17-32(41-24)26(25)31(39)35(18-7-5-6-8-19-36)28(32)30(38)34-27-20(2)10-9-11-21(27)3/h9-15,24-26,28,36H,4-8,16-19H2,1-3H3,(H,33,37)(H,34,38)/t24-,25+,26+,28?,32?/m1/s1. The van der Waals surface area contributed by atoms with Crippen LogP contribution in [0.5, 0.6) is 5.75 Å². The zero-order valence-electron chi connectivity index (χ0n) is 24.2.